The van der Waals surface area contributed by atoms with Crippen LogP contribution in [0.15, 0.2) is 36.4 Å². The number of rotatable bonds is 4. The third-order valence-electron chi connectivity index (χ3n) is 3.80. The fourth-order valence-corrected chi connectivity index (χ4v) is 2.39. The molecule has 0 heterocycles. The number of aryl methyl sites for hydroxylation is 3. The van der Waals surface area contributed by atoms with Gasteiger partial charge in [-0.1, -0.05) is 35.9 Å². The lowest BCUT2D eigenvalue weighted by molar-refractivity contribution is 0.288. The smallest absolute Gasteiger partial charge is 0.122 e. The second kappa shape index (κ2) is 6.10. The third kappa shape index (κ3) is 3.20. The van der Waals surface area contributed by atoms with E-state index in [4.69, 9.17) is 10.5 Å². The van der Waals surface area contributed by atoms with Gasteiger partial charge in [0.25, 0.3) is 0 Å². The van der Waals surface area contributed by atoms with Crippen LogP contribution in [-0.2, 0) is 0 Å². The molecule has 2 rings (SSSR count). The van der Waals surface area contributed by atoms with Crippen LogP contribution in [0.4, 0.5) is 0 Å². The van der Waals surface area contributed by atoms with Crippen LogP contribution in [0.1, 0.15) is 33.9 Å². The normalized spacial score (nSPS) is 12.2. The minimum absolute atomic E-state index is 0.101. The molecule has 0 spiro atoms. The molecule has 0 bridgehead atoms. The van der Waals surface area contributed by atoms with Crippen molar-refractivity contribution in [3.63, 3.8) is 0 Å². The molecule has 1 atom stereocenters. The number of hydrogen-bond acceptors (Lipinski definition) is 2. The molecule has 0 aliphatic heterocycles. The van der Waals surface area contributed by atoms with Crippen LogP contribution in [-0.4, -0.2) is 6.61 Å². The van der Waals surface area contributed by atoms with Crippen molar-refractivity contribution < 1.29 is 4.74 Å². The number of nitrogens with two attached hydrogens (primary N) is 1. The molecule has 106 valence electrons. The van der Waals surface area contributed by atoms with E-state index < -0.39 is 0 Å². The van der Waals surface area contributed by atoms with Crippen molar-refractivity contribution in [3.8, 4) is 5.75 Å². The summed E-state index contributed by atoms with van der Waals surface area (Å²) < 4.78 is 5.89. The Labute approximate surface area is 121 Å². The largest absolute Gasteiger partial charge is 0.491 e. The van der Waals surface area contributed by atoms with Crippen LogP contribution in [0.3, 0.4) is 0 Å². The number of hydrogen-bond donors (Lipinski definition) is 1. The zero-order chi connectivity index (χ0) is 14.7. The summed E-state index contributed by atoms with van der Waals surface area (Å²) in [7, 11) is 0. The summed E-state index contributed by atoms with van der Waals surface area (Å²) in [5.74, 6) is 0.921. The monoisotopic (exact) mass is 269 g/mol. The van der Waals surface area contributed by atoms with Crippen molar-refractivity contribution in [1.29, 1.82) is 0 Å². The highest BCUT2D eigenvalue weighted by Gasteiger charge is 2.11. The van der Waals surface area contributed by atoms with Crippen LogP contribution < -0.4 is 10.5 Å². The second-order valence-corrected chi connectivity index (χ2v) is 5.48. The summed E-state index contributed by atoms with van der Waals surface area (Å²) >= 11 is 0. The Morgan fingerprint density at radius 2 is 1.75 bits per heavy atom. The average molecular weight is 269 g/mol. The van der Waals surface area contributed by atoms with E-state index in [2.05, 4.69) is 52.0 Å². The maximum absolute atomic E-state index is 6.26. The zero-order valence-electron chi connectivity index (χ0n) is 12.7. The van der Waals surface area contributed by atoms with Gasteiger partial charge < -0.3 is 10.5 Å². The summed E-state index contributed by atoms with van der Waals surface area (Å²) in [5.41, 5.74) is 12.3. The summed E-state index contributed by atoms with van der Waals surface area (Å²) in [6.45, 7) is 8.85. The molecule has 0 radical (unpaired) electrons. The molecule has 2 aromatic carbocycles. The molecule has 0 aromatic heterocycles. The highest BCUT2D eigenvalue weighted by molar-refractivity contribution is 5.38. The Hall–Kier alpha value is -1.80. The van der Waals surface area contributed by atoms with Gasteiger partial charge in [-0.15, -0.1) is 0 Å². The molecule has 0 saturated heterocycles. The Bertz CT molecular complexity index is 604. The van der Waals surface area contributed by atoms with Gasteiger partial charge in [0.1, 0.15) is 12.4 Å². The lowest BCUT2D eigenvalue weighted by Crippen LogP contribution is -2.20. The number of benzene rings is 2. The van der Waals surface area contributed by atoms with Gasteiger partial charge >= 0.3 is 0 Å². The Morgan fingerprint density at radius 3 is 2.45 bits per heavy atom. The number of ether oxygens (including phenoxy) is 1. The van der Waals surface area contributed by atoms with Crippen LogP contribution in [0.25, 0.3) is 0 Å². The topological polar surface area (TPSA) is 35.2 Å². The van der Waals surface area contributed by atoms with E-state index in [9.17, 15) is 0 Å². The van der Waals surface area contributed by atoms with Crippen molar-refractivity contribution in [1.82, 2.24) is 0 Å². The SMILES string of the molecule is Cc1ccc(C(N)COc2cccc(C)c2C)c(C)c1. The molecule has 2 N–H and O–H groups in total. The van der Waals surface area contributed by atoms with Crippen LogP contribution in [0.2, 0.25) is 0 Å². The van der Waals surface area contributed by atoms with Crippen molar-refractivity contribution in [3.05, 3.63) is 64.2 Å². The molecular formula is C18H23NO. The van der Waals surface area contributed by atoms with E-state index in [-0.39, 0.29) is 6.04 Å². The average Bonchev–Trinajstić information content (AvgIpc) is 2.40. The highest BCUT2D eigenvalue weighted by atomic mass is 16.5. The summed E-state index contributed by atoms with van der Waals surface area (Å²) in [5, 5.41) is 0. The minimum Gasteiger partial charge on any atom is -0.491 e. The first-order valence-electron chi connectivity index (χ1n) is 7.01. The zero-order valence-corrected chi connectivity index (χ0v) is 12.7. The molecule has 1 unspecified atom stereocenters. The van der Waals surface area contributed by atoms with Crippen molar-refractivity contribution in [2.45, 2.75) is 33.7 Å². The predicted molar refractivity (Wildman–Crippen MR) is 84.3 cm³/mol. The minimum atomic E-state index is -0.101. The lowest BCUT2D eigenvalue weighted by Gasteiger charge is -2.17. The first-order chi connectivity index (χ1) is 9.49. The van der Waals surface area contributed by atoms with Gasteiger partial charge in [-0.3, -0.25) is 0 Å². The molecule has 2 aromatic rings. The Kier molecular flexibility index (Phi) is 4.46. The standard InChI is InChI=1S/C18H23NO/c1-12-8-9-16(14(3)10-12)17(19)11-20-18-7-5-6-13(2)15(18)4/h5-10,17H,11,19H2,1-4H3. The summed E-state index contributed by atoms with van der Waals surface area (Å²) in [6, 6.07) is 12.4. The maximum atomic E-state index is 6.26. The molecule has 0 aliphatic rings. The molecular weight excluding hydrogens is 246 g/mol. The quantitative estimate of drug-likeness (QED) is 0.910. The summed E-state index contributed by atoms with van der Waals surface area (Å²) in [4.78, 5) is 0. The Morgan fingerprint density at radius 1 is 1.00 bits per heavy atom. The van der Waals surface area contributed by atoms with E-state index in [1.807, 2.05) is 12.1 Å². The molecule has 0 aliphatic carbocycles. The van der Waals surface area contributed by atoms with Crippen LogP contribution in [0.5, 0.6) is 5.75 Å². The highest BCUT2D eigenvalue weighted by Crippen LogP contribution is 2.23. The van der Waals surface area contributed by atoms with Gasteiger partial charge in [0, 0.05) is 0 Å². The van der Waals surface area contributed by atoms with Crippen LogP contribution >= 0.6 is 0 Å². The lowest BCUT2D eigenvalue weighted by atomic mass is 10.0. The molecule has 20 heavy (non-hydrogen) atoms. The molecule has 0 fully saturated rings. The summed E-state index contributed by atoms with van der Waals surface area (Å²) in [6.07, 6.45) is 0. The van der Waals surface area contributed by atoms with Crippen LogP contribution in [0, 0.1) is 27.7 Å². The van der Waals surface area contributed by atoms with E-state index in [1.54, 1.807) is 0 Å². The molecule has 0 amide bonds. The predicted octanol–water partition coefficient (Wildman–Crippen LogP) is 4.00. The second-order valence-electron chi connectivity index (χ2n) is 5.48. The molecule has 2 heteroatoms. The fraction of sp³-hybridized carbons (Fsp3) is 0.333. The van der Waals surface area contributed by atoms with E-state index in [0.29, 0.717) is 6.61 Å². The van der Waals surface area contributed by atoms with E-state index in [0.717, 1.165) is 11.3 Å². The van der Waals surface area contributed by atoms with Gasteiger partial charge in [-0.05, 0) is 56.0 Å². The van der Waals surface area contributed by atoms with Gasteiger partial charge in [0.15, 0.2) is 0 Å². The van der Waals surface area contributed by atoms with Crippen molar-refractivity contribution >= 4 is 0 Å². The van der Waals surface area contributed by atoms with E-state index >= 15 is 0 Å². The fourth-order valence-electron chi connectivity index (χ4n) is 2.39. The van der Waals surface area contributed by atoms with Gasteiger partial charge in [0.05, 0.1) is 6.04 Å². The van der Waals surface area contributed by atoms with Gasteiger partial charge in [-0.25, -0.2) is 0 Å². The third-order valence-corrected chi connectivity index (χ3v) is 3.80. The van der Waals surface area contributed by atoms with E-state index in [1.165, 1.54) is 22.3 Å². The Balaban J connectivity index is 2.08. The maximum Gasteiger partial charge on any atom is 0.122 e. The first-order valence-corrected chi connectivity index (χ1v) is 7.01. The van der Waals surface area contributed by atoms with Crippen molar-refractivity contribution in [2.24, 2.45) is 5.73 Å². The van der Waals surface area contributed by atoms with Crippen molar-refractivity contribution in [2.75, 3.05) is 6.61 Å². The molecule has 0 saturated carbocycles. The first kappa shape index (κ1) is 14.6. The molecule has 2 nitrogen and oxygen atoms in total. The van der Waals surface area contributed by atoms with Gasteiger partial charge in [0.2, 0.25) is 0 Å². The van der Waals surface area contributed by atoms with Gasteiger partial charge in [-0.2, -0.15) is 0 Å².